The second-order valence-corrected chi connectivity index (χ2v) is 7.05. The van der Waals surface area contributed by atoms with E-state index in [1.165, 1.54) is 62.6 Å². The van der Waals surface area contributed by atoms with Crippen molar-refractivity contribution >= 4 is 0 Å². The number of hydrogen-bond acceptors (Lipinski definition) is 1. The zero-order chi connectivity index (χ0) is 14.4. The SMILES string of the molecule is Cc1ccc(CCC2(CCNC(C)C)CCCC2)cc1. The molecule has 1 saturated carbocycles. The summed E-state index contributed by atoms with van der Waals surface area (Å²) in [5.74, 6) is 0. The lowest BCUT2D eigenvalue weighted by atomic mass is 9.77. The third-order valence-corrected chi connectivity index (χ3v) is 4.94. The summed E-state index contributed by atoms with van der Waals surface area (Å²) in [5.41, 5.74) is 3.50. The lowest BCUT2D eigenvalue weighted by Crippen LogP contribution is -2.29. The molecule has 1 aromatic rings. The van der Waals surface area contributed by atoms with E-state index in [0.717, 1.165) is 0 Å². The van der Waals surface area contributed by atoms with E-state index >= 15 is 0 Å². The minimum absolute atomic E-state index is 0.616. The second kappa shape index (κ2) is 7.26. The first-order valence-electron chi connectivity index (χ1n) is 8.39. The molecule has 0 saturated heterocycles. The van der Waals surface area contributed by atoms with Gasteiger partial charge in [-0.3, -0.25) is 0 Å². The Morgan fingerprint density at radius 3 is 2.30 bits per heavy atom. The van der Waals surface area contributed by atoms with Crippen LogP contribution in [0.2, 0.25) is 0 Å². The van der Waals surface area contributed by atoms with Gasteiger partial charge in [0.1, 0.15) is 0 Å². The van der Waals surface area contributed by atoms with E-state index in [2.05, 4.69) is 50.4 Å². The molecule has 0 bridgehead atoms. The van der Waals surface area contributed by atoms with Gasteiger partial charge in [0, 0.05) is 6.04 Å². The van der Waals surface area contributed by atoms with Crippen molar-refractivity contribution in [2.45, 2.75) is 71.8 Å². The molecule has 20 heavy (non-hydrogen) atoms. The third kappa shape index (κ3) is 4.63. The number of benzene rings is 1. The molecule has 1 heteroatoms. The average Bonchev–Trinajstić information content (AvgIpc) is 2.87. The largest absolute Gasteiger partial charge is 0.315 e. The third-order valence-electron chi connectivity index (χ3n) is 4.94. The van der Waals surface area contributed by atoms with E-state index in [1.807, 2.05) is 0 Å². The van der Waals surface area contributed by atoms with Gasteiger partial charge in [0.25, 0.3) is 0 Å². The molecule has 1 nitrogen and oxygen atoms in total. The molecule has 0 unspecified atom stereocenters. The Labute approximate surface area is 125 Å². The molecule has 0 atom stereocenters. The number of rotatable bonds is 7. The molecule has 112 valence electrons. The number of hydrogen-bond donors (Lipinski definition) is 1. The van der Waals surface area contributed by atoms with E-state index in [0.29, 0.717) is 11.5 Å². The Morgan fingerprint density at radius 1 is 1.05 bits per heavy atom. The first-order chi connectivity index (χ1) is 9.60. The lowest BCUT2D eigenvalue weighted by molar-refractivity contribution is 0.243. The molecule has 0 heterocycles. The van der Waals surface area contributed by atoms with Crippen LogP contribution in [0.1, 0.15) is 63.5 Å². The lowest BCUT2D eigenvalue weighted by Gasteiger charge is -2.30. The zero-order valence-corrected chi connectivity index (χ0v) is 13.5. The molecule has 1 aliphatic rings. The van der Waals surface area contributed by atoms with Gasteiger partial charge in [-0.25, -0.2) is 0 Å². The Kier molecular flexibility index (Phi) is 5.65. The first-order valence-corrected chi connectivity index (χ1v) is 8.39. The highest BCUT2D eigenvalue weighted by molar-refractivity contribution is 5.21. The van der Waals surface area contributed by atoms with Gasteiger partial charge in [0.15, 0.2) is 0 Å². The van der Waals surface area contributed by atoms with Gasteiger partial charge >= 0.3 is 0 Å². The van der Waals surface area contributed by atoms with Crippen LogP contribution in [0.5, 0.6) is 0 Å². The molecular formula is C19H31N. The Morgan fingerprint density at radius 2 is 1.70 bits per heavy atom. The molecule has 0 amide bonds. The molecule has 0 aliphatic heterocycles. The van der Waals surface area contributed by atoms with Gasteiger partial charge in [0.2, 0.25) is 0 Å². The van der Waals surface area contributed by atoms with Crippen LogP contribution in [0.3, 0.4) is 0 Å². The van der Waals surface area contributed by atoms with Gasteiger partial charge < -0.3 is 5.32 Å². The standard InChI is InChI=1S/C19H31N/c1-16(2)20-15-14-19(11-4-5-12-19)13-10-18-8-6-17(3)7-9-18/h6-9,16,20H,4-5,10-15H2,1-3H3. The smallest absolute Gasteiger partial charge is 0.00103 e. The summed E-state index contributed by atoms with van der Waals surface area (Å²) in [7, 11) is 0. The Balaban J connectivity index is 1.86. The minimum Gasteiger partial charge on any atom is -0.315 e. The predicted molar refractivity (Wildman–Crippen MR) is 88.2 cm³/mol. The maximum Gasteiger partial charge on any atom is 0.00103 e. The van der Waals surface area contributed by atoms with E-state index in [-0.39, 0.29) is 0 Å². The molecule has 1 N–H and O–H groups in total. The Hall–Kier alpha value is -0.820. The van der Waals surface area contributed by atoms with Crippen molar-refractivity contribution in [3.63, 3.8) is 0 Å². The van der Waals surface area contributed by atoms with Crippen LogP contribution >= 0.6 is 0 Å². The molecule has 1 aromatic carbocycles. The first kappa shape index (κ1) is 15.6. The fourth-order valence-electron chi connectivity index (χ4n) is 3.54. The predicted octanol–water partition coefficient (Wildman–Crippen LogP) is 4.88. The van der Waals surface area contributed by atoms with Crippen molar-refractivity contribution < 1.29 is 0 Å². The van der Waals surface area contributed by atoms with E-state index in [4.69, 9.17) is 0 Å². The number of nitrogens with one attached hydrogen (secondary N) is 1. The van der Waals surface area contributed by atoms with Crippen molar-refractivity contribution in [3.8, 4) is 0 Å². The second-order valence-electron chi connectivity index (χ2n) is 7.05. The van der Waals surface area contributed by atoms with Gasteiger partial charge in [-0.2, -0.15) is 0 Å². The monoisotopic (exact) mass is 273 g/mol. The quantitative estimate of drug-likeness (QED) is 0.747. The Bertz CT molecular complexity index is 385. The molecule has 0 radical (unpaired) electrons. The molecule has 0 spiro atoms. The van der Waals surface area contributed by atoms with E-state index in [1.54, 1.807) is 0 Å². The van der Waals surface area contributed by atoms with Crippen molar-refractivity contribution in [2.75, 3.05) is 6.54 Å². The maximum absolute atomic E-state index is 3.60. The van der Waals surface area contributed by atoms with Crippen molar-refractivity contribution in [1.82, 2.24) is 5.32 Å². The molecule has 2 rings (SSSR count). The normalized spacial score (nSPS) is 17.8. The van der Waals surface area contributed by atoms with Crippen LogP contribution in [0.4, 0.5) is 0 Å². The van der Waals surface area contributed by atoms with Crippen molar-refractivity contribution in [3.05, 3.63) is 35.4 Å². The highest BCUT2D eigenvalue weighted by Crippen LogP contribution is 2.44. The van der Waals surface area contributed by atoms with Crippen LogP contribution in [-0.4, -0.2) is 12.6 Å². The van der Waals surface area contributed by atoms with Crippen LogP contribution < -0.4 is 5.32 Å². The van der Waals surface area contributed by atoms with Crippen LogP contribution in [-0.2, 0) is 6.42 Å². The fraction of sp³-hybridized carbons (Fsp3) is 0.684. The zero-order valence-electron chi connectivity index (χ0n) is 13.5. The fourth-order valence-corrected chi connectivity index (χ4v) is 3.54. The molecule has 1 fully saturated rings. The maximum atomic E-state index is 3.60. The topological polar surface area (TPSA) is 12.0 Å². The minimum atomic E-state index is 0.616. The van der Waals surface area contributed by atoms with Crippen LogP contribution in [0, 0.1) is 12.3 Å². The summed E-state index contributed by atoms with van der Waals surface area (Å²) in [6.07, 6.45) is 9.75. The van der Waals surface area contributed by atoms with Crippen LogP contribution in [0.15, 0.2) is 24.3 Å². The van der Waals surface area contributed by atoms with E-state index in [9.17, 15) is 0 Å². The van der Waals surface area contributed by atoms with Crippen LogP contribution in [0.25, 0.3) is 0 Å². The highest BCUT2D eigenvalue weighted by Gasteiger charge is 2.32. The summed E-state index contributed by atoms with van der Waals surface area (Å²) in [6, 6.07) is 9.73. The summed E-state index contributed by atoms with van der Waals surface area (Å²) in [6.45, 7) is 7.84. The average molecular weight is 273 g/mol. The van der Waals surface area contributed by atoms with Crippen molar-refractivity contribution in [1.29, 1.82) is 0 Å². The summed E-state index contributed by atoms with van der Waals surface area (Å²) < 4.78 is 0. The molecule has 0 aromatic heterocycles. The summed E-state index contributed by atoms with van der Waals surface area (Å²) in [4.78, 5) is 0. The van der Waals surface area contributed by atoms with Gasteiger partial charge in [-0.15, -0.1) is 0 Å². The summed E-state index contributed by atoms with van der Waals surface area (Å²) in [5, 5.41) is 3.60. The van der Waals surface area contributed by atoms with Gasteiger partial charge in [-0.1, -0.05) is 56.5 Å². The van der Waals surface area contributed by atoms with E-state index < -0.39 is 0 Å². The number of aryl methyl sites for hydroxylation is 2. The highest BCUT2D eigenvalue weighted by atomic mass is 14.9. The summed E-state index contributed by atoms with van der Waals surface area (Å²) >= 11 is 0. The molecule has 1 aliphatic carbocycles. The van der Waals surface area contributed by atoms with Crippen molar-refractivity contribution in [2.24, 2.45) is 5.41 Å². The van der Waals surface area contributed by atoms with Gasteiger partial charge in [0.05, 0.1) is 0 Å². The molecular weight excluding hydrogens is 242 g/mol. The van der Waals surface area contributed by atoms with Gasteiger partial charge in [-0.05, 0) is 56.6 Å².